The van der Waals surface area contributed by atoms with Crippen LogP contribution in [0.5, 0.6) is 5.75 Å². The van der Waals surface area contributed by atoms with Crippen LogP contribution in [0.2, 0.25) is 5.02 Å². The normalized spacial score (nSPS) is 17.6. The van der Waals surface area contributed by atoms with Gasteiger partial charge in [0.25, 0.3) is 0 Å². The number of halogens is 1. The van der Waals surface area contributed by atoms with Crippen molar-refractivity contribution in [1.82, 2.24) is 9.62 Å². The van der Waals surface area contributed by atoms with E-state index in [1.165, 1.54) is 0 Å². The van der Waals surface area contributed by atoms with E-state index in [0.29, 0.717) is 17.0 Å². The molecule has 1 aliphatic rings. The Labute approximate surface area is 189 Å². The molecular formula is C23H29ClN2O4S. The van der Waals surface area contributed by atoms with E-state index in [-0.39, 0.29) is 30.6 Å². The lowest BCUT2D eigenvalue weighted by atomic mass is 9.83. The number of nitrogens with one attached hydrogen (secondary N) is 1. The van der Waals surface area contributed by atoms with Gasteiger partial charge in [0.15, 0.2) is 0 Å². The first-order chi connectivity index (χ1) is 14.7. The number of rotatable bonds is 8. The third kappa shape index (κ3) is 5.59. The highest BCUT2D eigenvalue weighted by Crippen LogP contribution is 2.42. The molecule has 3 rings (SSSR count). The Bertz CT molecular complexity index is 1040. The minimum Gasteiger partial charge on any atom is -0.487 e. The first kappa shape index (κ1) is 23.6. The van der Waals surface area contributed by atoms with Crippen molar-refractivity contribution in [2.45, 2.75) is 51.3 Å². The van der Waals surface area contributed by atoms with Crippen molar-refractivity contribution in [3.05, 3.63) is 64.7 Å². The predicted molar refractivity (Wildman–Crippen MR) is 123 cm³/mol. The highest BCUT2D eigenvalue weighted by molar-refractivity contribution is 7.88. The van der Waals surface area contributed by atoms with E-state index in [1.807, 2.05) is 24.3 Å². The van der Waals surface area contributed by atoms with Gasteiger partial charge in [-0.1, -0.05) is 61.8 Å². The third-order valence-corrected chi connectivity index (χ3v) is 7.48. The van der Waals surface area contributed by atoms with Crippen molar-refractivity contribution >= 4 is 27.5 Å². The van der Waals surface area contributed by atoms with E-state index < -0.39 is 10.0 Å². The van der Waals surface area contributed by atoms with Crippen LogP contribution in [0.3, 0.4) is 0 Å². The molecule has 2 aromatic rings. The standard InChI is InChI=1S/C23H29ClN2O4S/c1-4-23(5-2)14-20(18-11-7-9-13-21(18)30-23)25-22(27)16-26(31(3,28)29)15-17-10-6-8-12-19(17)24/h6-13,20H,4-5,14-16H2,1-3H3,(H,25,27)/t20-/m0/s1. The summed E-state index contributed by atoms with van der Waals surface area (Å²) in [5, 5.41) is 3.51. The molecule has 1 atom stereocenters. The number of para-hydroxylation sites is 1. The van der Waals surface area contributed by atoms with E-state index >= 15 is 0 Å². The molecular weight excluding hydrogens is 436 g/mol. The molecule has 1 aliphatic heterocycles. The van der Waals surface area contributed by atoms with Crippen molar-refractivity contribution in [3.8, 4) is 5.75 Å². The molecule has 1 N–H and O–H groups in total. The van der Waals surface area contributed by atoms with E-state index in [2.05, 4.69) is 19.2 Å². The number of fused-ring (bicyclic) bond motifs is 1. The number of amides is 1. The summed E-state index contributed by atoms with van der Waals surface area (Å²) in [7, 11) is -3.62. The molecule has 1 heterocycles. The minimum absolute atomic E-state index is 0.0319. The fourth-order valence-electron chi connectivity index (χ4n) is 3.94. The summed E-state index contributed by atoms with van der Waals surface area (Å²) in [6, 6.07) is 14.4. The van der Waals surface area contributed by atoms with Gasteiger partial charge >= 0.3 is 0 Å². The maximum absolute atomic E-state index is 12.9. The molecule has 0 aromatic heterocycles. The topological polar surface area (TPSA) is 75.7 Å². The van der Waals surface area contributed by atoms with Crippen LogP contribution in [0.4, 0.5) is 0 Å². The average molecular weight is 465 g/mol. The summed E-state index contributed by atoms with van der Waals surface area (Å²) < 4.78 is 32.1. The lowest BCUT2D eigenvalue weighted by Crippen LogP contribution is -2.47. The molecule has 0 unspecified atom stereocenters. The van der Waals surface area contributed by atoms with Crippen LogP contribution in [0.1, 0.15) is 50.3 Å². The largest absolute Gasteiger partial charge is 0.487 e. The van der Waals surface area contributed by atoms with Crippen LogP contribution in [-0.4, -0.2) is 37.0 Å². The summed E-state index contributed by atoms with van der Waals surface area (Å²) in [6.45, 7) is 3.90. The second-order valence-electron chi connectivity index (χ2n) is 7.98. The number of sulfonamides is 1. The molecule has 2 aromatic carbocycles. The highest BCUT2D eigenvalue weighted by Gasteiger charge is 2.39. The quantitative estimate of drug-likeness (QED) is 0.631. The van der Waals surface area contributed by atoms with Crippen LogP contribution in [0.25, 0.3) is 0 Å². The molecule has 0 bridgehead atoms. The van der Waals surface area contributed by atoms with Crippen LogP contribution < -0.4 is 10.1 Å². The summed E-state index contributed by atoms with van der Waals surface area (Å²) >= 11 is 6.19. The van der Waals surface area contributed by atoms with Crippen LogP contribution >= 0.6 is 11.6 Å². The van der Waals surface area contributed by atoms with Gasteiger partial charge < -0.3 is 10.1 Å². The lowest BCUT2D eigenvalue weighted by Gasteiger charge is -2.41. The van der Waals surface area contributed by atoms with Crippen molar-refractivity contribution in [2.24, 2.45) is 0 Å². The van der Waals surface area contributed by atoms with E-state index in [1.54, 1.807) is 24.3 Å². The average Bonchev–Trinajstić information content (AvgIpc) is 2.74. The zero-order valence-corrected chi connectivity index (χ0v) is 19.7. The summed E-state index contributed by atoms with van der Waals surface area (Å²) in [5.41, 5.74) is 1.19. The van der Waals surface area contributed by atoms with Crippen molar-refractivity contribution in [1.29, 1.82) is 0 Å². The molecule has 0 spiro atoms. The predicted octanol–water partition coefficient (Wildman–Crippen LogP) is 4.30. The molecule has 168 valence electrons. The fraction of sp³-hybridized carbons (Fsp3) is 0.435. The molecule has 1 amide bonds. The summed E-state index contributed by atoms with van der Waals surface area (Å²) in [4.78, 5) is 12.9. The lowest BCUT2D eigenvalue weighted by molar-refractivity contribution is -0.122. The van der Waals surface area contributed by atoms with Gasteiger partial charge in [-0.3, -0.25) is 4.79 Å². The Morgan fingerprint density at radius 2 is 1.81 bits per heavy atom. The first-order valence-electron chi connectivity index (χ1n) is 10.4. The van der Waals surface area contributed by atoms with Gasteiger partial charge in [0.05, 0.1) is 18.8 Å². The molecule has 0 saturated carbocycles. The molecule has 0 saturated heterocycles. The van der Waals surface area contributed by atoms with Gasteiger partial charge in [-0.15, -0.1) is 0 Å². The number of nitrogens with zero attached hydrogens (tertiary/aromatic N) is 1. The Kier molecular flexibility index (Phi) is 7.29. The van der Waals surface area contributed by atoms with Crippen LogP contribution in [0.15, 0.2) is 48.5 Å². The SMILES string of the molecule is CCC1(CC)C[C@H](NC(=O)CN(Cc2ccccc2Cl)S(C)(=O)=O)c2ccccc2O1. The number of carbonyl (C=O) groups is 1. The summed E-state index contributed by atoms with van der Waals surface area (Å²) in [5.74, 6) is 0.402. The maximum atomic E-state index is 12.9. The molecule has 6 nitrogen and oxygen atoms in total. The Hall–Kier alpha value is -2.09. The Morgan fingerprint density at radius 3 is 2.45 bits per heavy atom. The molecule has 31 heavy (non-hydrogen) atoms. The fourth-order valence-corrected chi connectivity index (χ4v) is 4.86. The first-order valence-corrected chi connectivity index (χ1v) is 12.7. The third-order valence-electron chi connectivity index (χ3n) is 5.91. The smallest absolute Gasteiger partial charge is 0.235 e. The van der Waals surface area contributed by atoms with Gasteiger partial charge in [0, 0.05) is 23.6 Å². The molecule has 0 radical (unpaired) electrons. The number of benzene rings is 2. The Balaban J connectivity index is 1.79. The molecule has 0 fully saturated rings. The van der Waals surface area contributed by atoms with Gasteiger partial charge in [-0.25, -0.2) is 8.42 Å². The van der Waals surface area contributed by atoms with Crippen LogP contribution in [0, 0.1) is 0 Å². The van der Waals surface area contributed by atoms with E-state index in [9.17, 15) is 13.2 Å². The van der Waals surface area contributed by atoms with Crippen LogP contribution in [-0.2, 0) is 21.4 Å². The second-order valence-corrected chi connectivity index (χ2v) is 10.4. The van der Waals surface area contributed by atoms with E-state index in [4.69, 9.17) is 16.3 Å². The van der Waals surface area contributed by atoms with E-state index in [0.717, 1.165) is 34.7 Å². The van der Waals surface area contributed by atoms with Gasteiger partial charge in [-0.2, -0.15) is 4.31 Å². The van der Waals surface area contributed by atoms with Gasteiger partial charge in [-0.05, 0) is 30.5 Å². The molecule has 8 heteroatoms. The number of hydrogen-bond acceptors (Lipinski definition) is 4. The summed E-state index contributed by atoms with van der Waals surface area (Å²) in [6.07, 6.45) is 3.35. The zero-order chi connectivity index (χ0) is 22.6. The number of ether oxygens (including phenoxy) is 1. The maximum Gasteiger partial charge on any atom is 0.235 e. The number of hydrogen-bond donors (Lipinski definition) is 1. The molecule has 0 aliphatic carbocycles. The zero-order valence-electron chi connectivity index (χ0n) is 18.1. The highest BCUT2D eigenvalue weighted by atomic mass is 35.5. The van der Waals surface area contributed by atoms with Gasteiger partial charge in [0.1, 0.15) is 11.4 Å². The number of carbonyl (C=O) groups excluding carboxylic acids is 1. The monoisotopic (exact) mass is 464 g/mol. The van der Waals surface area contributed by atoms with Gasteiger partial charge in [0.2, 0.25) is 15.9 Å². The Morgan fingerprint density at radius 1 is 1.16 bits per heavy atom. The van der Waals surface area contributed by atoms with Crippen molar-refractivity contribution in [2.75, 3.05) is 12.8 Å². The minimum atomic E-state index is -3.62. The second kappa shape index (κ2) is 9.59. The van der Waals surface area contributed by atoms with Crippen molar-refractivity contribution in [3.63, 3.8) is 0 Å². The van der Waals surface area contributed by atoms with Crippen molar-refractivity contribution < 1.29 is 17.9 Å².